The summed E-state index contributed by atoms with van der Waals surface area (Å²) in [5.74, 6) is 0. The molecule has 0 aromatic heterocycles. The molecule has 0 aromatic carbocycles. The number of amides is 2. The fourth-order valence-electron chi connectivity index (χ4n) is 3.09. The maximum absolute atomic E-state index is 12.2. The number of carbonyl (C=O) groups excluding carboxylic acids is 1. The normalized spacial score (nSPS) is 23.9. The molecule has 2 N–H and O–H groups in total. The van der Waals surface area contributed by atoms with Crippen molar-refractivity contribution >= 4 is 16.2 Å². The summed E-state index contributed by atoms with van der Waals surface area (Å²) >= 11 is 0. The minimum atomic E-state index is -3.71. The molecule has 2 aliphatic rings. The number of rotatable bonds is 4. The molecule has 0 aromatic rings. The molecule has 2 amide bonds. The van der Waals surface area contributed by atoms with E-state index in [1.54, 1.807) is 0 Å². The van der Waals surface area contributed by atoms with Crippen LogP contribution in [0.2, 0.25) is 0 Å². The van der Waals surface area contributed by atoms with E-state index in [-0.39, 0.29) is 11.5 Å². The minimum Gasteiger partial charge on any atom is -0.335 e. The number of hydrogen-bond acceptors (Lipinski definition) is 3. The van der Waals surface area contributed by atoms with Gasteiger partial charge in [-0.2, -0.15) is 12.7 Å². The van der Waals surface area contributed by atoms with E-state index in [1.165, 1.54) is 4.31 Å². The molecule has 1 aliphatic heterocycles. The Hall–Kier alpha value is -0.820. The van der Waals surface area contributed by atoms with Crippen molar-refractivity contribution in [1.82, 2.24) is 14.3 Å². The summed E-state index contributed by atoms with van der Waals surface area (Å²) in [6, 6.07) is -0.476. The fourth-order valence-corrected chi connectivity index (χ4v) is 4.17. The van der Waals surface area contributed by atoms with Crippen LogP contribution >= 0.6 is 0 Å². The number of nitrogens with one attached hydrogen (secondary N) is 2. The molecule has 2 rings (SSSR count). The van der Waals surface area contributed by atoms with Gasteiger partial charge in [-0.1, -0.05) is 33.1 Å². The van der Waals surface area contributed by atoms with E-state index in [0.29, 0.717) is 13.1 Å². The van der Waals surface area contributed by atoms with Crippen LogP contribution in [0.15, 0.2) is 0 Å². The largest absolute Gasteiger partial charge is 0.335 e. The average molecular weight is 317 g/mol. The van der Waals surface area contributed by atoms with Gasteiger partial charge in [0.2, 0.25) is 0 Å². The van der Waals surface area contributed by atoms with Gasteiger partial charge in [0.15, 0.2) is 0 Å². The van der Waals surface area contributed by atoms with Crippen LogP contribution in [-0.4, -0.2) is 37.9 Å². The Morgan fingerprint density at radius 3 is 2.33 bits per heavy atom. The summed E-state index contributed by atoms with van der Waals surface area (Å²) < 4.78 is 28.0. The maximum atomic E-state index is 12.2. The lowest BCUT2D eigenvalue weighted by Crippen LogP contribution is -2.52. The van der Waals surface area contributed by atoms with Crippen molar-refractivity contribution in [2.24, 2.45) is 5.41 Å². The number of piperidine rings is 1. The first-order chi connectivity index (χ1) is 9.85. The number of nitrogens with zero attached hydrogens (tertiary/aromatic N) is 1. The van der Waals surface area contributed by atoms with Crippen LogP contribution in [0.3, 0.4) is 0 Å². The third-order valence-electron chi connectivity index (χ3n) is 5.04. The molecule has 6 nitrogen and oxygen atoms in total. The standard InChI is InChI=1S/C14H27N3O3S/c1-3-14(2)8-10-17(11-9-14)21(19,20)16-13(18)15-12-6-4-5-7-12/h12H,3-11H2,1-2H3,(H2,15,16,18). The van der Waals surface area contributed by atoms with E-state index >= 15 is 0 Å². The first-order valence-electron chi connectivity index (χ1n) is 7.93. The Kier molecular flexibility index (Phi) is 5.14. The quantitative estimate of drug-likeness (QED) is 0.832. The molecule has 1 saturated carbocycles. The van der Waals surface area contributed by atoms with Gasteiger partial charge in [-0.3, -0.25) is 0 Å². The Morgan fingerprint density at radius 2 is 1.81 bits per heavy atom. The first-order valence-corrected chi connectivity index (χ1v) is 9.37. The highest BCUT2D eigenvalue weighted by Crippen LogP contribution is 2.34. The van der Waals surface area contributed by atoms with Gasteiger partial charge in [0, 0.05) is 19.1 Å². The van der Waals surface area contributed by atoms with E-state index in [2.05, 4.69) is 23.9 Å². The van der Waals surface area contributed by atoms with Crippen molar-refractivity contribution in [1.29, 1.82) is 0 Å². The number of urea groups is 1. The molecule has 2 fully saturated rings. The zero-order valence-corrected chi connectivity index (χ0v) is 13.8. The molecule has 122 valence electrons. The van der Waals surface area contributed by atoms with Gasteiger partial charge in [-0.05, 0) is 31.1 Å². The third-order valence-corrected chi connectivity index (χ3v) is 6.52. The van der Waals surface area contributed by atoms with Gasteiger partial charge in [-0.25, -0.2) is 9.52 Å². The van der Waals surface area contributed by atoms with Crippen LogP contribution in [0.5, 0.6) is 0 Å². The van der Waals surface area contributed by atoms with Gasteiger partial charge in [0.05, 0.1) is 0 Å². The molecule has 0 radical (unpaired) electrons. The van der Waals surface area contributed by atoms with Gasteiger partial charge in [0.1, 0.15) is 0 Å². The van der Waals surface area contributed by atoms with Crippen LogP contribution in [-0.2, 0) is 10.2 Å². The molecule has 1 aliphatic carbocycles. The number of hydrogen-bond donors (Lipinski definition) is 2. The van der Waals surface area contributed by atoms with E-state index in [1.807, 2.05) is 0 Å². The Morgan fingerprint density at radius 1 is 1.24 bits per heavy atom. The Labute approximate surface area is 127 Å². The molecular weight excluding hydrogens is 290 g/mol. The number of carbonyl (C=O) groups is 1. The fraction of sp³-hybridized carbons (Fsp3) is 0.929. The van der Waals surface area contributed by atoms with E-state index in [9.17, 15) is 13.2 Å². The zero-order chi connectivity index (χ0) is 15.5. The highest BCUT2D eigenvalue weighted by atomic mass is 32.2. The van der Waals surface area contributed by atoms with Crippen molar-refractivity contribution in [2.45, 2.75) is 64.8 Å². The molecule has 0 spiro atoms. The van der Waals surface area contributed by atoms with Gasteiger partial charge in [0.25, 0.3) is 0 Å². The lowest BCUT2D eigenvalue weighted by molar-refractivity contribution is 0.168. The van der Waals surface area contributed by atoms with Crippen molar-refractivity contribution in [2.75, 3.05) is 13.1 Å². The lowest BCUT2D eigenvalue weighted by Gasteiger charge is -2.37. The molecule has 7 heteroatoms. The van der Waals surface area contributed by atoms with Crippen LogP contribution in [0, 0.1) is 5.41 Å². The van der Waals surface area contributed by atoms with E-state index < -0.39 is 16.2 Å². The third kappa shape index (κ3) is 4.32. The minimum absolute atomic E-state index is 0.116. The highest BCUT2D eigenvalue weighted by molar-refractivity contribution is 7.87. The molecule has 1 heterocycles. The van der Waals surface area contributed by atoms with Crippen LogP contribution in [0.25, 0.3) is 0 Å². The second kappa shape index (κ2) is 6.52. The Balaban J connectivity index is 1.85. The summed E-state index contributed by atoms with van der Waals surface area (Å²) in [5.41, 5.74) is 0.220. The van der Waals surface area contributed by atoms with Crippen molar-refractivity contribution in [3.8, 4) is 0 Å². The summed E-state index contributed by atoms with van der Waals surface area (Å²) in [7, 11) is -3.71. The van der Waals surface area contributed by atoms with Gasteiger partial charge in [-0.15, -0.1) is 0 Å². The molecule has 0 atom stereocenters. The molecule has 1 saturated heterocycles. The monoisotopic (exact) mass is 317 g/mol. The van der Waals surface area contributed by atoms with Crippen LogP contribution < -0.4 is 10.0 Å². The van der Waals surface area contributed by atoms with Crippen LogP contribution in [0.4, 0.5) is 4.79 Å². The van der Waals surface area contributed by atoms with Gasteiger partial charge >= 0.3 is 16.2 Å². The summed E-state index contributed by atoms with van der Waals surface area (Å²) in [5, 5.41) is 2.75. The Bertz CT molecular complexity index is 464. The zero-order valence-electron chi connectivity index (χ0n) is 13.0. The summed E-state index contributed by atoms with van der Waals surface area (Å²) in [6.45, 7) is 5.29. The van der Waals surface area contributed by atoms with Crippen molar-refractivity contribution in [3.63, 3.8) is 0 Å². The van der Waals surface area contributed by atoms with Gasteiger partial charge < -0.3 is 5.32 Å². The average Bonchev–Trinajstić information content (AvgIpc) is 2.91. The van der Waals surface area contributed by atoms with E-state index in [4.69, 9.17) is 0 Å². The second-order valence-corrected chi connectivity index (χ2v) is 8.30. The van der Waals surface area contributed by atoms with Crippen LogP contribution in [0.1, 0.15) is 58.8 Å². The molecule has 21 heavy (non-hydrogen) atoms. The topological polar surface area (TPSA) is 78.5 Å². The summed E-state index contributed by atoms with van der Waals surface area (Å²) in [6.07, 6.45) is 6.80. The molecule has 0 bridgehead atoms. The highest BCUT2D eigenvalue weighted by Gasteiger charge is 2.34. The predicted octanol–water partition coefficient (Wildman–Crippen LogP) is 1.99. The second-order valence-electron chi connectivity index (χ2n) is 6.63. The lowest BCUT2D eigenvalue weighted by atomic mass is 9.79. The smallest absolute Gasteiger partial charge is 0.329 e. The van der Waals surface area contributed by atoms with Crippen molar-refractivity contribution in [3.05, 3.63) is 0 Å². The molecule has 0 unspecified atom stereocenters. The predicted molar refractivity (Wildman–Crippen MR) is 82.0 cm³/mol. The van der Waals surface area contributed by atoms with E-state index in [0.717, 1.165) is 44.9 Å². The van der Waals surface area contributed by atoms with Crippen molar-refractivity contribution < 1.29 is 13.2 Å². The summed E-state index contributed by atoms with van der Waals surface area (Å²) in [4.78, 5) is 11.8. The molecular formula is C14H27N3O3S. The first kappa shape index (κ1) is 16.5. The maximum Gasteiger partial charge on any atom is 0.329 e. The SMILES string of the molecule is CCC1(C)CCN(S(=O)(=O)NC(=O)NC2CCCC2)CC1.